The van der Waals surface area contributed by atoms with Crippen molar-refractivity contribution >= 4 is 12.3 Å². The molecule has 0 bridgehead atoms. The minimum absolute atomic E-state index is 0.0203. The van der Waals surface area contributed by atoms with E-state index < -0.39 is 0 Å². The number of aldehydes is 1. The zero-order chi connectivity index (χ0) is 17.9. The Morgan fingerprint density at radius 1 is 1.08 bits per heavy atom. The summed E-state index contributed by atoms with van der Waals surface area (Å²) in [6, 6.07) is -0.0203. The van der Waals surface area contributed by atoms with Crippen molar-refractivity contribution in [2.45, 2.75) is 77.2 Å². The number of hydrogen-bond donors (Lipinski definition) is 0. The van der Waals surface area contributed by atoms with Crippen LogP contribution in [0.2, 0.25) is 0 Å². The lowest BCUT2D eigenvalue weighted by Gasteiger charge is -2.32. The molecule has 2 aliphatic rings. The van der Waals surface area contributed by atoms with Gasteiger partial charge in [0.2, 0.25) is 0 Å². The highest BCUT2D eigenvalue weighted by atomic mass is 16.5. The number of hydrogen-bond acceptors (Lipinski definition) is 4. The van der Waals surface area contributed by atoms with E-state index in [9.17, 15) is 9.59 Å². The van der Waals surface area contributed by atoms with Gasteiger partial charge in [0.1, 0.15) is 6.29 Å². The van der Waals surface area contributed by atoms with Crippen LogP contribution in [0.15, 0.2) is 12.2 Å². The fraction of sp³-hybridized carbons (Fsp3) is 0.810. The molecule has 0 radical (unpaired) electrons. The number of allylic oxidation sites excluding steroid dienone is 1. The molecule has 0 heterocycles. The molecule has 0 aromatic rings. The van der Waals surface area contributed by atoms with E-state index in [1.54, 1.807) is 6.92 Å². The van der Waals surface area contributed by atoms with Gasteiger partial charge in [-0.2, -0.15) is 0 Å². The highest BCUT2D eigenvalue weighted by molar-refractivity contribution is 5.81. The van der Waals surface area contributed by atoms with Gasteiger partial charge in [-0.15, -0.1) is 0 Å². The Morgan fingerprint density at radius 3 is 2.12 bits per heavy atom. The first-order valence-electron chi connectivity index (χ1n) is 10.3. The van der Waals surface area contributed by atoms with Crippen molar-refractivity contribution in [2.24, 2.45) is 11.8 Å². The molecule has 2 aliphatic carbocycles. The molecule has 0 aromatic heterocycles. The Labute approximate surface area is 153 Å². The van der Waals surface area contributed by atoms with E-state index in [2.05, 4.69) is 4.90 Å². The summed E-state index contributed by atoms with van der Waals surface area (Å²) in [5, 5.41) is 0. The van der Waals surface area contributed by atoms with Gasteiger partial charge in [-0.3, -0.25) is 4.90 Å². The van der Waals surface area contributed by atoms with Crippen molar-refractivity contribution in [1.29, 1.82) is 0 Å². The molecular formula is C21H35NO3. The summed E-state index contributed by atoms with van der Waals surface area (Å²) in [5.74, 6) is 1.23. The topological polar surface area (TPSA) is 46.6 Å². The third-order valence-corrected chi connectivity index (χ3v) is 5.73. The average Bonchev–Trinajstić information content (AvgIpc) is 3.29. The van der Waals surface area contributed by atoms with Crippen LogP contribution in [0.4, 0.5) is 0 Å². The van der Waals surface area contributed by atoms with Crippen LogP contribution in [-0.4, -0.2) is 42.9 Å². The van der Waals surface area contributed by atoms with Crippen molar-refractivity contribution in [1.82, 2.24) is 4.90 Å². The monoisotopic (exact) mass is 349 g/mol. The minimum Gasteiger partial charge on any atom is -0.463 e. The molecule has 2 fully saturated rings. The van der Waals surface area contributed by atoms with E-state index >= 15 is 0 Å². The molecule has 2 saturated carbocycles. The van der Waals surface area contributed by atoms with E-state index in [1.807, 2.05) is 6.08 Å². The largest absolute Gasteiger partial charge is 0.463 e. The fourth-order valence-corrected chi connectivity index (χ4v) is 4.37. The van der Waals surface area contributed by atoms with E-state index in [0.717, 1.165) is 44.1 Å². The van der Waals surface area contributed by atoms with Crippen LogP contribution < -0.4 is 0 Å². The predicted octanol–water partition coefficient (Wildman–Crippen LogP) is 4.14. The molecule has 0 aliphatic heterocycles. The second kappa shape index (κ2) is 11.5. The molecule has 0 amide bonds. The molecule has 0 spiro atoms. The van der Waals surface area contributed by atoms with Crippen molar-refractivity contribution < 1.29 is 14.3 Å². The SMILES string of the molecule is CCOC(=O)/C=C/CC[C@H](C=O)N(CC1CCCC1)CC1CCCC1. The van der Waals surface area contributed by atoms with Gasteiger partial charge in [0.15, 0.2) is 0 Å². The van der Waals surface area contributed by atoms with Gasteiger partial charge in [-0.25, -0.2) is 4.79 Å². The summed E-state index contributed by atoms with van der Waals surface area (Å²) in [5.41, 5.74) is 0. The van der Waals surface area contributed by atoms with Crippen LogP contribution in [0.1, 0.15) is 71.1 Å². The molecule has 25 heavy (non-hydrogen) atoms. The first kappa shape index (κ1) is 20.2. The number of ether oxygens (including phenoxy) is 1. The van der Waals surface area contributed by atoms with Crippen molar-refractivity contribution in [3.8, 4) is 0 Å². The number of esters is 1. The standard InChI is InChI=1S/C21H35NO3/c1-2-25-21(24)14-8-7-13-20(17-23)22(15-18-9-3-4-10-18)16-19-11-5-6-12-19/h8,14,17-20H,2-7,9-13,15-16H2,1H3/b14-8+/t20-/m1/s1. The summed E-state index contributed by atoms with van der Waals surface area (Å²) in [4.78, 5) is 25.6. The minimum atomic E-state index is -0.293. The van der Waals surface area contributed by atoms with Crippen LogP contribution in [-0.2, 0) is 14.3 Å². The highest BCUT2D eigenvalue weighted by Crippen LogP contribution is 2.30. The third-order valence-electron chi connectivity index (χ3n) is 5.73. The average molecular weight is 350 g/mol. The summed E-state index contributed by atoms with van der Waals surface area (Å²) in [7, 11) is 0. The summed E-state index contributed by atoms with van der Waals surface area (Å²) in [6.07, 6.45) is 16.6. The quantitative estimate of drug-likeness (QED) is 0.319. The lowest BCUT2D eigenvalue weighted by molar-refractivity contribution is -0.137. The second-order valence-corrected chi connectivity index (χ2v) is 7.69. The maximum Gasteiger partial charge on any atom is 0.330 e. The van der Waals surface area contributed by atoms with Gasteiger partial charge in [0.25, 0.3) is 0 Å². The van der Waals surface area contributed by atoms with Gasteiger partial charge in [0, 0.05) is 19.2 Å². The van der Waals surface area contributed by atoms with E-state index in [1.165, 1.54) is 57.4 Å². The third kappa shape index (κ3) is 7.31. The second-order valence-electron chi connectivity index (χ2n) is 7.69. The Morgan fingerprint density at radius 2 is 1.64 bits per heavy atom. The summed E-state index contributed by atoms with van der Waals surface area (Å²) < 4.78 is 4.89. The van der Waals surface area contributed by atoms with Crippen LogP contribution in [0.25, 0.3) is 0 Å². The number of nitrogens with zero attached hydrogens (tertiary/aromatic N) is 1. The number of rotatable bonds is 11. The normalized spacial score (nSPS) is 20.6. The first-order chi connectivity index (χ1) is 12.2. The molecule has 4 heteroatoms. The van der Waals surface area contributed by atoms with Gasteiger partial charge >= 0.3 is 5.97 Å². The van der Waals surface area contributed by atoms with Gasteiger partial charge in [0.05, 0.1) is 12.6 Å². The lowest BCUT2D eigenvalue weighted by Crippen LogP contribution is -2.42. The van der Waals surface area contributed by atoms with E-state index in [-0.39, 0.29) is 12.0 Å². The Balaban J connectivity index is 1.86. The number of carbonyl (C=O) groups is 2. The van der Waals surface area contributed by atoms with Crippen LogP contribution >= 0.6 is 0 Å². The molecule has 0 saturated heterocycles. The highest BCUT2D eigenvalue weighted by Gasteiger charge is 2.27. The van der Waals surface area contributed by atoms with Gasteiger partial charge < -0.3 is 9.53 Å². The van der Waals surface area contributed by atoms with E-state index in [4.69, 9.17) is 4.74 Å². The van der Waals surface area contributed by atoms with Crippen LogP contribution in [0.5, 0.6) is 0 Å². The molecular weight excluding hydrogens is 314 g/mol. The summed E-state index contributed by atoms with van der Waals surface area (Å²) >= 11 is 0. The van der Waals surface area contributed by atoms with Crippen molar-refractivity contribution in [3.05, 3.63) is 12.2 Å². The Hall–Kier alpha value is -1.16. The fourth-order valence-electron chi connectivity index (χ4n) is 4.37. The molecule has 2 rings (SSSR count). The lowest BCUT2D eigenvalue weighted by atomic mass is 10.0. The molecule has 0 unspecified atom stereocenters. The smallest absolute Gasteiger partial charge is 0.330 e. The van der Waals surface area contributed by atoms with Crippen LogP contribution in [0, 0.1) is 11.8 Å². The zero-order valence-electron chi connectivity index (χ0n) is 15.8. The first-order valence-corrected chi connectivity index (χ1v) is 10.3. The summed E-state index contributed by atoms with van der Waals surface area (Å²) in [6.45, 7) is 4.35. The van der Waals surface area contributed by atoms with Crippen molar-refractivity contribution in [3.63, 3.8) is 0 Å². The van der Waals surface area contributed by atoms with Crippen LogP contribution in [0.3, 0.4) is 0 Å². The maximum absolute atomic E-state index is 11.8. The van der Waals surface area contributed by atoms with Gasteiger partial charge in [-0.1, -0.05) is 31.8 Å². The molecule has 0 aromatic carbocycles. The van der Waals surface area contributed by atoms with Gasteiger partial charge in [-0.05, 0) is 57.3 Å². The Kier molecular flexibility index (Phi) is 9.23. The van der Waals surface area contributed by atoms with E-state index in [0.29, 0.717) is 6.61 Å². The molecule has 0 N–H and O–H groups in total. The Bertz CT molecular complexity index is 405. The molecule has 4 nitrogen and oxygen atoms in total. The van der Waals surface area contributed by atoms with Crippen molar-refractivity contribution in [2.75, 3.05) is 19.7 Å². The predicted molar refractivity (Wildman–Crippen MR) is 100 cm³/mol. The zero-order valence-corrected chi connectivity index (χ0v) is 15.8. The molecule has 142 valence electrons. The maximum atomic E-state index is 11.8. The molecule has 1 atom stereocenters. The number of carbonyl (C=O) groups excluding carboxylic acids is 2.